The molecule has 3 aromatic rings. The van der Waals surface area contributed by atoms with Crippen LogP contribution >= 0.6 is 0 Å². The summed E-state index contributed by atoms with van der Waals surface area (Å²) in [7, 11) is 5.46. The Bertz CT molecular complexity index is 943. The standard InChI is InChI=1S/C16H17FN4O2/c1-19(2)7-11-8-21-15(18-11)12(9-20(3)16(21)23)10-4-5-14(22)13(17)6-10/h4-6,8-9,22H,7H2,1-3H3. The summed E-state index contributed by atoms with van der Waals surface area (Å²) in [5.41, 5.74) is 2.16. The number of phenolic OH excluding ortho intramolecular Hbond substituents is 1. The van der Waals surface area contributed by atoms with E-state index in [1.54, 1.807) is 25.5 Å². The van der Waals surface area contributed by atoms with E-state index in [9.17, 15) is 14.3 Å². The average Bonchev–Trinajstić information content (AvgIpc) is 2.89. The Morgan fingerprint density at radius 3 is 2.70 bits per heavy atom. The quantitative estimate of drug-likeness (QED) is 0.797. The Balaban J connectivity index is 2.27. The molecule has 0 amide bonds. The molecule has 0 unspecified atom stereocenters. The Hall–Kier alpha value is -2.67. The van der Waals surface area contributed by atoms with Gasteiger partial charge in [-0.2, -0.15) is 0 Å². The minimum atomic E-state index is -0.713. The highest BCUT2D eigenvalue weighted by atomic mass is 19.1. The topological polar surface area (TPSA) is 62.8 Å². The fourth-order valence-corrected chi connectivity index (χ4v) is 2.52. The van der Waals surface area contributed by atoms with Crippen LogP contribution in [0.15, 0.2) is 35.4 Å². The van der Waals surface area contributed by atoms with Crippen molar-refractivity contribution in [1.29, 1.82) is 0 Å². The molecular weight excluding hydrogens is 299 g/mol. The number of hydrogen-bond donors (Lipinski definition) is 1. The lowest BCUT2D eigenvalue weighted by atomic mass is 10.1. The van der Waals surface area contributed by atoms with E-state index in [0.29, 0.717) is 23.3 Å². The van der Waals surface area contributed by atoms with E-state index in [1.165, 1.54) is 21.1 Å². The van der Waals surface area contributed by atoms with Crippen LogP contribution in [0.4, 0.5) is 4.39 Å². The van der Waals surface area contributed by atoms with Gasteiger partial charge in [-0.3, -0.25) is 4.40 Å². The largest absolute Gasteiger partial charge is 0.505 e. The highest BCUT2D eigenvalue weighted by Crippen LogP contribution is 2.27. The molecule has 0 aliphatic heterocycles. The summed E-state index contributed by atoms with van der Waals surface area (Å²) < 4.78 is 16.6. The molecule has 3 rings (SSSR count). The molecule has 0 saturated carbocycles. The summed E-state index contributed by atoms with van der Waals surface area (Å²) in [5.74, 6) is -1.12. The molecule has 0 atom stereocenters. The van der Waals surface area contributed by atoms with Gasteiger partial charge >= 0.3 is 5.69 Å². The number of aromatic hydroxyl groups is 1. The van der Waals surface area contributed by atoms with Crippen LogP contribution in [-0.2, 0) is 13.6 Å². The van der Waals surface area contributed by atoms with Gasteiger partial charge in [0.05, 0.1) is 5.69 Å². The van der Waals surface area contributed by atoms with Crippen molar-refractivity contribution in [2.45, 2.75) is 6.54 Å². The smallest absolute Gasteiger partial charge is 0.333 e. The van der Waals surface area contributed by atoms with Gasteiger partial charge < -0.3 is 14.6 Å². The van der Waals surface area contributed by atoms with Gasteiger partial charge in [0.15, 0.2) is 17.2 Å². The third-order valence-electron chi connectivity index (χ3n) is 3.56. The molecule has 1 N–H and O–H groups in total. The molecule has 7 heteroatoms. The van der Waals surface area contributed by atoms with E-state index in [2.05, 4.69) is 4.98 Å². The molecule has 0 bridgehead atoms. The number of fused-ring (bicyclic) bond motifs is 1. The van der Waals surface area contributed by atoms with E-state index in [4.69, 9.17) is 0 Å². The Labute approximate surface area is 132 Å². The number of benzene rings is 1. The molecule has 0 spiro atoms. The lowest BCUT2D eigenvalue weighted by Crippen LogP contribution is -2.23. The third-order valence-corrected chi connectivity index (χ3v) is 3.56. The SMILES string of the molecule is CN(C)Cc1cn2c(=O)n(C)cc(-c3ccc(O)c(F)c3)c2n1. The molecule has 0 aliphatic carbocycles. The number of imidazole rings is 1. The number of hydrogen-bond acceptors (Lipinski definition) is 4. The summed E-state index contributed by atoms with van der Waals surface area (Å²) in [6.45, 7) is 0.591. The second kappa shape index (κ2) is 5.51. The van der Waals surface area contributed by atoms with Crippen LogP contribution in [0.3, 0.4) is 0 Å². The normalized spacial score (nSPS) is 11.5. The molecule has 2 aromatic heterocycles. The molecule has 0 fully saturated rings. The number of aromatic nitrogens is 3. The summed E-state index contributed by atoms with van der Waals surface area (Å²) in [6, 6.07) is 4.11. The van der Waals surface area contributed by atoms with Crippen molar-refractivity contribution in [2.75, 3.05) is 14.1 Å². The third kappa shape index (κ3) is 2.70. The summed E-state index contributed by atoms with van der Waals surface area (Å²) in [5, 5.41) is 9.35. The molecule has 23 heavy (non-hydrogen) atoms. The van der Waals surface area contributed by atoms with Crippen molar-refractivity contribution in [3.05, 3.63) is 52.6 Å². The second-order valence-electron chi connectivity index (χ2n) is 5.77. The zero-order valence-corrected chi connectivity index (χ0v) is 13.1. The molecule has 120 valence electrons. The number of nitrogens with zero attached hydrogens (tertiary/aromatic N) is 4. The average molecular weight is 316 g/mol. The zero-order chi connectivity index (χ0) is 16.7. The maximum absolute atomic E-state index is 13.7. The van der Waals surface area contributed by atoms with Crippen LogP contribution in [-0.4, -0.2) is 38.1 Å². The molecular formula is C16H17FN4O2. The molecule has 1 aromatic carbocycles. The van der Waals surface area contributed by atoms with Gasteiger partial charge in [0, 0.05) is 31.5 Å². The first-order valence-corrected chi connectivity index (χ1v) is 7.08. The van der Waals surface area contributed by atoms with Crippen LogP contribution in [0.25, 0.3) is 16.8 Å². The number of rotatable bonds is 3. The second-order valence-corrected chi connectivity index (χ2v) is 5.77. The Morgan fingerprint density at radius 1 is 1.30 bits per heavy atom. The van der Waals surface area contributed by atoms with E-state index in [1.807, 2.05) is 19.0 Å². The van der Waals surface area contributed by atoms with Crippen molar-refractivity contribution in [2.24, 2.45) is 7.05 Å². The molecule has 6 nitrogen and oxygen atoms in total. The van der Waals surface area contributed by atoms with Crippen LogP contribution < -0.4 is 5.69 Å². The predicted octanol–water partition coefficient (Wildman–Crippen LogP) is 1.61. The van der Waals surface area contributed by atoms with Gasteiger partial charge in [0.25, 0.3) is 0 Å². The fourth-order valence-electron chi connectivity index (χ4n) is 2.52. The lowest BCUT2D eigenvalue weighted by Gasteiger charge is -2.07. The maximum Gasteiger partial charge on any atom is 0.333 e. The van der Waals surface area contributed by atoms with Gasteiger partial charge in [-0.15, -0.1) is 0 Å². The van der Waals surface area contributed by atoms with Crippen molar-refractivity contribution in [3.63, 3.8) is 0 Å². The van der Waals surface area contributed by atoms with E-state index in [0.717, 1.165) is 5.69 Å². The Kier molecular flexibility index (Phi) is 3.65. The highest BCUT2D eigenvalue weighted by molar-refractivity contribution is 5.77. The predicted molar refractivity (Wildman–Crippen MR) is 84.9 cm³/mol. The minimum absolute atomic E-state index is 0.222. The monoisotopic (exact) mass is 316 g/mol. The zero-order valence-electron chi connectivity index (χ0n) is 13.1. The maximum atomic E-state index is 13.7. The summed E-state index contributed by atoms with van der Waals surface area (Å²) in [6.07, 6.45) is 3.31. The van der Waals surface area contributed by atoms with Crippen LogP contribution in [0.2, 0.25) is 0 Å². The first-order chi connectivity index (χ1) is 10.9. The van der Waals surface area contributed by atoms with E-state index < -0.39 is 11.6 Å². The minimum Gasteiger partial charge on any atom is -0.505 e. The van der Waals surface area contributed by atoms with E-state index in [-0.39, 0.29) is 5.69 Å². The molecule has 0 radical (unpaired) electrons. The van der Waals surface area contributed by atoms with Crippen LogP contribution in [0, 0.1) is 5.82 Å². The molecule has 0 aliphatic rings. The van der Waals surface area contributed by atoms with Crippen molar-refractivity contribution >= 4 is 5.65 Å². The van der Waals surface area contributed by atoms with Crippen molar-refractivity contribution in [3.8, 4) is 16.9 Å². The number of phenols is 1. The van der Waals surface area contributed by atoms with Gasteiger partial charge in [-0.1, -0.05) is 6.07 Å². The number of aryl methyl sites for hydroxylation is 1. The van der Waals surface area contributed by atoms with Gasteiger partial charge in [-0.25, -0.2) is 14.2 Å². The molecule has 0 saturated heterocycles. The Morgan fingerprint density at radius 2 is 2.04 bits per heavy atom. The van der Waals surface area contributed by atoms with Crippen LogP contribution in [0.5, 0.6) is 5.75 Å². The number of halogens is 1. The summed E-state index contributed by atoms with van der Waals surface area (Å²) in [4.78, 5) is 18.7. The fraction of sp³-hybridized carbons (Fsp3) is 0.250. The highest BCUT2D eigenvalue weighted by Gasteiger charge is 2.14. The van der Waals surface area contributed by atoms with Gasteiger partial charge in [0.2, 0.25) is 0 Å². The molecule has 2 heterocycles. The lowest BCUT2D eigenvalue weighted by molar-refractivity contribution is 0.398. The van der Waals surface area contributed by atoms with Crippen molar-refractivity contribution in [1.82, 2.24) is 18.9 Å². The van der Waals surface area contributed by atoms with Crippen molar-refractivity contribution < 1.29 is 9.50 Å². The summed E-state index contributed by atoms with van der Waals surface area (Å²) >= 11 is 0. The first kappa shape index (κ1) is 15.2. The van der Waals surface area contributed by atoms with Gasteiger partial charge in [0.1, 0.15) is 0 Å². The van der Waals surface area contributed by atoms with E-state index >= 15 is 0 Å². The first-order valence-electron chi connectivity index (χ1n) is 7.08. The van der Waals surface area contributed by atoms with Gasteiger partial charge in [-0.05, 0) is 31.8 Å². The van der Waals surface area contributed by atoms with Crippen LogP contribution in [0.1, 0.15) is 5.69 Å².